The normalized spacial score (nSPS) is 15.7. The third kappa shape index (κ3) is 5.30. The summed E-state index contributed by atoms with van der Waals surface area (Å²) in [4.78, 5) is 12.3. The predicted octanol–water partition coefficient (Wildman–Crippen LogP) is 3.83. The van der Waals surface area contributed by atoms with E-state index in [4.69, 9.17) is 4.42 Å². The van der Waals surface area contributed by atoms with E-state index in [1.807, 2.05) is 16.7 Å². The summed E-state index contributed by atoms with van der Waals surface area (Å²) in [5, 5.41) is 12.5. The molecule has 0 spiro atoms. The number of nitrogens with zero attached hydrogens (tertiary/aromatic N) is 3. The monoisotopic (exact) mass is 394 g/mol. The first-order valence-corrected chi connectivity index (χ1v) is 11.5. The zero-order valence-corrected chi connectivity index (χ0v) is 16.8. The average molecular weight is 395 g/mol. The highest BCUT2D eigenvalue weighted by Crippen LogP contribution is 2.25. The highest BCUT2D eigenvalue weighted by Gasteiger charge is 2.19. The van der Waals surface area contributed by atoms with Crippen molar-refractivity contribution < 1.29 is 9.21 Å². The van der Waals surface area contributed by atoms with Crippen LogP contribution in [-0.2, 0) is 11.3 Å². The van der Waals surface area contributed by atoms with Crippen LogP contribution >= 0.6 is 23.5 Å². The van der Waals surface area contributed by atoms with Gasteiger partial charge in [0.05, 0.1) is 12.0 Å². The van der Waals surface area contributed by atoms with Crippen LogP contribution in [0.2, 0.25) is 0 Å². The molecule has 1 aliphatic carbocycles. The summed E-state index contributed by atoms with van der Waals surface area (Å²) < 4.78 is 7.51. The first-order chi connectivity index (χ1) is 12.8. The minimum absolute atomic E-state index is 0.0841. The second-order valence-electron chi connectivity index (χ2n) is 6.47. The maximum Gasteiger partial charge on any atom is 0.230 e. The van der Waals surface area contributed by atoms with Crippen LogP contribution in [0.5, 0.6) is 0 Å². The molecule has 0 bridgehead atoms. The van der Waals surface area contributed by atoms with Gasteiger partial charge in [-0.15, -0.1) is 10.2 Å². The lowest BCUT2D eigenvalue weighted by Gasteiger charge is -2.16. The van der Waals surface area contributed by atoms with Gasteiger partial charge in [0.2, 0.25) is 11.7 Å². The molecule has 3 rings (SSSR count). The molecule has 1 fully saturated rings. The molecular weight excluding hydrogens is 368 g/mol. The van der Waals surface area contributed by atoms with Crippen LogP contribution in [0.15, 0.2) is 28.0 Å². The SMILES string of the molecule is CSCCn1c(SCC(=O)NC2CCCCCC2)nnc1-c1ccco1. The molecule has 8 heteroatoms. The molecule has 2 aromatic heterocycles. The molecule has 1 N–H and O–H groups in total. The summed E-state index contributed by atoms with van der Waals surface area (Å²) in [6, 6.07) is 4.06. The molecule has 0 aliphatic heterocycles. The third-order valence-electron chi connectivity index (χ3n) is 4.53. The van der Waals surface area contributed by atoms with Crippen LogP contribution < -0.4 is 5.32 Å². The molecule has 2 aromatic rings. The first kappa shape index (κ1) is 19.4. The summed E-state index contributed by atoms with van der Waals surface area (Å²) in [7, 11) is 0. The number of nitrogens with one attached hydrogen (secondary N) is 1. The molecule has 1 saturated carbocycles. The first-order valence-electron chi connectivity index (χ1n) is 9.16. The van der Waals surface area contributed by atoms with Crippen molar-refractivity contribution in [3.63, 3.8) is 0 Å². The van der Waals surface area contributed by atoms with Gasteiger partial charge >= 0.3 is 0 Å². The van der Waals surface area contributed by atoms with Crippen molar-refractivity contribution in [3.05, 3.63) is 18.4 Å². The standard InChI is InChI=1S/C18H26N4O2S2/c1-25-12-10-22-17(15-9-6-11-24-15)20-21-18(22)26-13-16(23)19-14-7-4-2-3-5-8-14/h6,9,11,14H,2-5,7-8,10,12-13H2,1H3,(H,19,23). The highest BCUT2D eigenvalue weighted by molar-refractivity contribution is 7.99. The van der Waals surface area contributed by atoms with Gasteiger partial charge in [0.15, 0.2) is 10.9 Å². The molecule has 2 heterocycles. The zero-order valence-electron chi connectivity index (χ0n) is 15.1. The van der Waals surface area contributed by atoms with Crippen LogP contribution in [-0.4, -0.2) is 44.5 Å². The van der Waals surface area contributed by atoms with E-state index in [1.165, 1.54) is 37.4 Å². The topological polar surface area (TPSA) is 73.0 Å². The molecule has 0 radical (unpaired) electrons. The summed E-state index contributed by atoms with van der Waals surface area (Å²) in [6.45, 7) is 0.788. The lowest BCUT2D eigenvalue weighted by molar-refractivity contribution is -0.119. The fourth-order valence-electron chi connectivity index (χ4n) is 3.19. The van der Waals surface area contributed by atoms with E-state index >= 15 is 0 Å². The number of hydrogen-bond donors (Lipinski definition) is 1. The molecule has 0 saturated heterocycles. The quantitative estimate of drug-likeness (QED) is 0.542. The van der Waals surface area contributed by atoms with Crippen LogP contribution in [0, 0.1) is 0 Å². The average Bonchev–Trinajstić information content (AvgIpc) is 3.23. The van der Waals surface area contributed by atoms with Crippen molar-refractivity contribution in [2.75, 3.05) is 17.8 Å². The Morgan fingerprint density at radius 2 is 2.12 bits per heavy atom. The molecular formula is C18H26N4O2S2. The predicted molar refractivity (Wildman–Crippen MR) is 106 cm³/mol. The lowest BCUT2D eigenvalue weighted by Crippen LogP contribution is -2.35. The maximum absolute atomic E-state index is 12.3. The molecule has 26 heavy (non-hydrogen) atoms. The minimum atomic E-state index is 0.0841. The van der Waals surface area contributed by atoms with Gasteiger partial charge in [-0.3, -0.25) is 9.36 Å². The van der Waals surface area contributed by atoms with Crippen LogP contribution in [0.4, 0.5) is 0 Å². The van der Waals surface area contributed by atoms with Gasteiger partial charge in [-0.2, -0.15) is 11.8 Å². The number of rotatable bonds is 8. The van der Waals surface area contributed by atoms with Gasteiger partial charge < -0.3 is 9.73 Å². The Balaban J connectivity index is 1.60. The zero-order chi connectivity index (χ0) is 18.2. The molecule has 0 aromatic carbocycles. The fourth-order valence-corrected chi connectivity index (χ4v) is 4.33. The summed E-state index contributed by atoms with van der Waals surface area (Å²) in [5.41, 5.74) is 0. The Bertz CT molecular complexity index is 679. The molecule has 142 valence electrons. The van der Waals surface area contributed by atoms with E-state index in [0.717, 1.165) is 36.1 Å². The molecule has 1 aliphatic rings. The largest absolute Gasteiger partial charge is 0.461 e. The summed E-state index contributed by atoms with van der Waals surface area (Å²) in [5.74, 6) is 2.82. The van der Waals surface area contributed by atoms with Gasteiger partial charge in [0.25, 0.3) is 0 Å². The smallest absolute Gasteiger partial charge is 0.230 e. The van der Waals surface area contributed by atoms with Crippen molar-refractivity contribution in [2.24, 2.45) is 0 Å². The van der Waals surface area contributed by atoms with Gasteiger partial charge in [-0.25, -0.2) is 0 Å². The van der Waals surface area contributed by atoms with E-state index < -0.39 is 0 Å². The Morgan fingerprint density at radius 1 is 1.31 bits per heavy atom. The Hall–Kier alpha value is -1.41. The van der Waals surface area contributed by atoms with Gasteiger partial charge in [0, 0.05) is 18.3 Å². The third-order valence-corrected chi connectivity index (χ3v) is 6.09. The molecule has 0 unspecified atom stereocenters. The van der Waals surface area contributed by atoms with Gasteiger partial charge in [-0.1, -0.05) is 37.4 Å². The number of carbonyl (C=O) groups excluding carboxylic acids is 1. The number of carbonyl (C=O) groups is 1. The van der Waals surface area contributed by atoms with Crippen LogP contribution in [0.25, 0.3) is 11.6 Å². The maximum atomic E-state index is 12.3. The van der Waals surface area contributed by atoms with Crippen molar-refractivity contribution >= 4 is 29.4 Å². The van der Waals surface area contributed by atoms with E-state index in [0.29, 0.717) is 17.6 Å². The van der Waals surface area contributed by atoms with Crippen LogP contribution in [0.1, 0.15) is 38.5 Å². The molecule has 0 atom stereocenters. The van der Waals surface area contributed by atoms with Crippen molar-refractivity contribution in [2.45, 2.75) is 56.3 Å². The lowest BCUT2D eigenvalue weighted by atomic mass is 10.1. The minimum Gasteiger partial charge on any atom is -0.461 e. The Labute approximate surface area is 162 Å². The second kappa shape index (κ2) is 10.1. The van der Waals surface area contributed by atoms with E-state index in [2.05, 4.69) is 21.8 Å². The molecule has 6 nitrogen and oxygen atoms in total. The van der Waals surface area contributed by atoms with Crippen molar-refractivity contribution in [1.29, 1.82) is 0 Å². The second-order valence-corrected chi connectivity index (χ2v) is 8.40. The van der Waals surface area contributed by atoms with E-state index in [-0.39, 0.29) is 5.91 Å². The van der Waals surface area contributed by atoms with E-state index in [1.54, 1.807) is 18.0 Å². The van der Waals surface area contributed by atoms with Crippen LogP contribution in [0.3, 0.4) is 0 Å². The Kier molecular flexibility index (Phi) is 7.49. The summed E-state index contributed by atoms with van der Waals surface area (Å²) >= 11 is 3.21. The van der Waals surface area contributed by atoms with Crippen molar-refractivity contribution in [1.82, 2.24) is 20.1 Å². The van der Waals surface area contributed by atoms with E-state index in [9.17, 15) is 4.79 Å². The van der Waals surface area contributed by atoms with Gasteiger partial charge in [-0.05, 0) is 31.2 Å². The molecule has 1 amide bonds. The number of furan rings is 1. The highest BCUT2D eigenvalue weighted by atomic mass is 32.2. The fraction of sp³-hybridized carbons (Fsp3) is 0.611. The number of amides is 1. The van der Waals surface area contributed by atoms with Gasteiger partial charge in [0.1, 0.15) is 0 Å². The number of thioether (sulfide) groups is 2. The summed E-state index contributed by atoms with van der Waals surface area (Å²) in [6.07, 6.45) is 10.9. The Morgan fingerprint density at radius 3 is 2.81 bits per heavy atom. The number of aromatic nitrogens is 3. The number of hydrogen-bond acceptors (Lipinski definition) is 6. The van der Waals surface area contributed by atoms with Crippen molar-refractivity contribution in [3.8, 4) is 11.6 Å².